The van der Waals surface area contributed by atoms with Crippen LogP contribution in [0, 0.1) is 0 Å². The lowest BCUT2D eigenvalue weighted by molar-refractivity contribution is -0.148. The van der Waals surface area contributed by atoms with E-state index in [2.05, 4.69) is 10.1 Å². The molecular formula is C20H18ClNO5. The first-order valence-corrected chi connectivity index (χ1v) is 8.41. The predicted octanol–water partition coefficient (Wildman–Crippen LogP) is 3.71. The van der Waals surface area contributed by atoms with Crippen molar-refractivity contribution in [2.24, 2.45) is 0 Å². The maximum Gasteiger partial charge on any atom is 0.337 e. The van der Waals surface area contributed by atoms with Gasteiger partial charge in [0.25, 0.3) is 5.91 Å². The molecule has 0 fully saturated rings. The minimum atomic E-state index is -1.000. The van der Waals surface area contributed by atoms with Crippen LogP contribution in [0.1, 0.15) is 22.8 Å². The highest BCUT2D eigenvalue weighted by molar-refractivity contribution is 6.33. The molecular weight excluding hydrogens is 370 g/mol. The Bertz CT molecular complexity index is 861. The Morgan fingerprint density at radius 1 is 1.07 bits per heavy atom. The van der Waals surface area contributed by atoms with E-state index in [4.69, 9.17) is 16.3 Å². The first-order chi connectivity index (χ1) is 12.9. The summed E-state index contributed by atoms with van der Waals surface area (Å²) in [5.74, 6) is -1.61. The monoisotopic (exact) mass is 387 g/mol. The van der Waals surface area contributed by atoms with Crippen LogP contribution in [0.4, 0.5) is 5.69 Å². The highest BCUT2D eigenvalue weighted by Gasteiger charge is 2.17. The lowest BCUT2D eigenvalue weighted by Crippen LogP contribution is -2.29. The molecule has 0 aromatic heterocycles. The molecule has 2 aromatic rings. The molecule has 0 bridgehead atoms. The largest absolute Gasteiger partial charge is 0.465 e. The number of carbonyl (C=O) groups is 3. The number of nitrogens with one attached hydrogen (secondary N) is 1. The van der Waals surface area contributed by atoms with E-state index < -0.39 is 23.9 Å². The number of esters is 2. The van der Waals surface area contributed by atoms with Gasteiger partial charge in [0.05, 0.1) is 23.4 Å². The van der Waals surface area contributed by atoms with Crippen LogP contribution in [0.5, 0.6) is 0 Å². The Morgan fingerprint density at radius 3 is 2.37 bits per heavy atom. The molecule has 0 saturated heterocycles. The van der Waals surface area contributed by atoms with Crippen molar-refractivity contribution in [3.8, 4) is 0 Å². The Morgan fingerprint density at radius 2 is 1.74 bits per heavy atom. The van der Waals surface area contributed by atoms with Crippen molar-refractivity contribution in [1.82, 2.24) is 0 Å². The molecule has 6 nitrogen and oxygen atoms in total. The van der Waals surface area contributed by atoms with Crippen LogP contribution >= 0.6 is 11.6 Å². The van der Waals surface area contributed by atoms with Gasteiger partial charge < -0.3 is 14.8 Å². The number of benzene rings is 2. The quantitative estimate of drug-likeness (QED) is 0.603. The SMILES string of the molecule is COC(=O)c1ccc(/C=C/C(=O)OC(C)C(=O)Nc2ccccc2Cl)cc1. The first-order valence-electron chi connectivity index (χ1n) is 8.03. The fraction of sp³-hybridized carbons (Fsp3) is 0.150. The van der Waals surface area contributed by atoms with Crippen LogP contribution in [-0.4, -0.2) is 31.1 Å². The maximum absolute atomic E-state index is 12.1. The summed E-state index contributed by atoms with van der Waals surface area (Å²) in [4.78, 5) is 35.3. The number of carbonyl (C=O) groups excluding carboxylic acids is 3. The molecule has 140 valence electrons. The van der Waals surface area contributed by atoms with Gasteiger partial charge in [0.1, 0.15) is 0 Å². The minimum absolute atomic E-state index is 0.389. The summed E-state index contributed by atoms with van der Waals surface area (Å²) in [6.45, 7) is 1.46. The molecule has 1 N–H and O–H groups in total. The highest BCUT2D eigenvalue weighted by Crippen LogP contribution is 2.20. The summed E-state index contributed by atoms with van der Waals surface area (Å²) in [6.07, 6.45) is 1.72. The number of amides is 1. The second-order valence-electron chi connectivity index (χ2n) is 5.50. The van der Waals surface area contributed by atoms with E-state index in [-0.39, 0.29) is 0 Å². The van der Waals surface area contributed by atoms with Crippen LogP contribution < -0.4 is 5.32 Å². The summed E-state index contributed by atoms with van der Waals surface area (Å²) in [7, 11) is 1.30. The molecule has 1 unspecified atom stereocenters. The van der Waals surface area contributed by atoms with Gasteiger partial charge in [-0.3, -0.25) is 4.79 Å². The predicted molar refractivity (Wildman–Crippen MR) is 102 cm³/mol. The minimum Gasteiger partial charge on any atom is -0.465 e. The third-order valence-electron chi connectivity index (χ3n) is 3.54. The molecule has 2 rings (SSSR count). The zero-order valence-electron chi connectivity index (χ0n) is 14.8. The van der Waals surface area contributed by atoms with Crippen molar-refractivity contribution in [3.05, 3.63) is 70.8 Å². The zero-order valence-corrected chi connectivity index (χ0v) is 15.5. The van der Waals surface area contributed by atoms with Crippen LogP contribution in [0.25, 0.3) is 6.08 Å². The Labute approximate surface area is 161 Å². The third-order valence-corrected chi connectivity index (χ3v) is 3.87. The van der Waals surface area contributed by atoms with Crippen molar-refractivity contribution in [3.63, 3.8) is 0 Å². The number of halogens is 1. The van der Waals surface area contributed by atoms with Crippen molar-refractivity contribution in [2.45, 2.75) is 13.0 Å². The van der Waals surface area contributed by atoms with E-state index in [1.54, 1.807) is 48.5 Å². The Hall–Kier alpha value is -3.12. The topological polar surface area (TPSA) is 81.7 Å². The van der Waals surface area contributed by atoms with Crippen molar-refractivity contribution in [2.75, 3.05) is 12.4 Å². The molecule has 27 heavy (non-hydrogen) atoms. The number of ether oxygens (including phenoxy) is 2. The molecule has 0 aliphatic rings. The molecule has 0 aliphatic heterocycles. The summed E-state index contributed by atoms with van der Waals surface area (Å²) in [6, 6.07) is 13.2. The molecule has 0 radical (unpaired) electrons. The van der Waals surface area contributed by atoms with Gasteiger partial charge in [-0.1, -0.05) is 35.9 Å². The average Bonchev–Trinajstić information content (AvgIpc) is 2.67. The van der Waals surface area contributed by atoms with E-state index in [1.807, 2.05) is 0 Å². The zero-order chi connectivity index (χ0) is 19.8. The first kappa shape index (κ1) is 20.2. The maximum atomic E-state index is 12.1. The molecule has 0 heterocycles. The van der Waals surface area contributed by atoms with Gasteiger partial charge in [-0.25, -0.2) is 9.59 Å². The molecule has 0 spiro atoms. The molecule has 0 aliphatic carbocycles. The molecule has 1 atom stereocenters. The standard InChI is InChI=1S/C20H18ClNO5/c1-13(19(24)22-17-6-4-3-5-16(17)21)27-18(23)12-9-14-7-10-15(11-8-14)20(25)26-2/h3-13H,1-2H3,(H,22,24)/b12-9+. The summed E-state index contributed by atoms with van der Waals surface area (Å²) in [5, 5.41) is 2.98. The normalized spacial score (nSPS) is 11.7. The number of anilines is 1. The summed E-state index contributed by atoms with van der Waals surface area (Å²) in [5.41, 5.74) is 1.53. The molecule has 0 saturated carbocycles. The fourth-order valence-corrected chi connectivity index (χ4v) is 2.26. The number of rotatable bonds is 6. The van der Waals surface area contributed by atoms with Gasteiger partial charge >= 0.3 is 11.9 Å². The van der Waals surface area contributed by atoms with Crippen LogP contribution in [0.2, 0.25) is 5.02 Å². The van der Waals surface area contributed by atoms with E-state index >= 15 is 0 Å². The molecule has 7 heteroatoms. The number of hydrogen-bond acceptors (Lipinski definition) is 5. The van der Waals surface area contributed by atoms with Crippen LogP contribution in [-0.2, 0) is 19.1 Å². The third kappa shape index (κ3) is 5.97. The number of para-hydroxylation sites is 1. The number of hydrogen-bond donors (Lipinski definition) is 1. The van der Waals surface area contributed by atoms with Crippen molar-refractivity contribution in [1.29, 1.82) is 0 Å². The smallest absolute Gasteiger partial charge is 0.337 e. The highest BCUT2D eigenvalue weighted by atomic mass is 35.5. The second kappa shape index (κ2) is 9.54. The number of methoxy groups -OCH3 is 1. The lowest BCUT2D eigenvalue weighted by Gasteiger charge is -2.13. The average molecular weight is 388 g/mol. The molecule has 2 aromatic carbocycles. The Balaban J connectivity index is 1.90. The van der Waals surface area contributed by atoms with E-state index in [9.17, 15) is 14.4 Å². The molecule has 1 amide bonds. The van der Waals surface area contributed by atoms with Crippen molar-refractivity contribution >= 4 is 41.2 Å². The van der Waals surface area contributed by atoms with Crippen molar-refractivity contribution < 1.29 is 23.9 Å². The van der Waals surface area contributed by atoms with Gasteiger partial charge in [-0.05, 0) is 42.8 Å². The summed E-state index contributed by atoms with van der Waals surface area (Å²) < 4.78 is 9.68. The van der Waals surface area contributed by atoms with Gasteiger partial charge in [-0.2, -0.15) is 0 Å². The van der Waals surface area contributed by atoms with E-state index in [0.29, 0.717) is 21.8 Å². The summed E-state index contributed by atoms with van der Waals surface area (Å²) >= 11 is 5.97. The van der Waals surface area contributed by atoms with Gasteiger partial charge in [0, 0.05) is 6.08 Å². The fourth-order valence-electron chi connectivity index (χ4n) is 2.08. The van der Waals surface area contributed by atoms with E-state index in [1.165, 1.54) is 26.2 Å². The van der Waals surface area contributed by atoms with Crippen LogP contribution in [0.3, 0.4) is 0 Å². The van der Waals surface area contributed by atoms with Gasteiger partial charge in [0.15, 0.2) is 6.10 Å². The Kier molecular flexibility index (Phi) is 7.14. The lowest BCUT2D eigenvalue weighted by atomic mass is 10.1. The van der Waals surface area contributed by atoms with E-state index in [0.717, 1.165) is 0 Å². The second-order valence-corrected chi connectivity index (χ2v) is 5.90. The van der Waals surface area contributed by atoms with Crippen LogP contribution in [0.15, 0.2) is 54.6 Å². The van der Waals surface area contributed by atoms with Gasteiger partial charge in [-0.15, -0.1) is 0 Å². The van der Waals surface area contributed by atoms with Gasteiger partial charge in [0.2, 0.25) is 0 Å².